The van der Waals surface area contributed by atoms with Gasteiger partial charge in [0.05, 0.1) is 17.2 Å². The molecule has 2 heterocycles. The Morgan fingerprint density at radius 2 is 1.88 bits per heavy atom. The number of rotatable bonds is 5. The summed E-state index contributed by atoms with van der Waals surface area (Å²) in [6.07, 6.45) is 2.15. The zero-order valence-corrected chi connectivity index (χ0v) is 15.3. The molecule has 2 N–H and O–H groups in total. The summed E-state index contributed by atoms with van der Waals surface area (Å²) in [5, 5.41) is 3.41. The van der Waals surface area contributed by atoms with Crippen LogP contribution in [0.1, 0.15) is 35.5 Å². The van der Waals surface area contributed by atoms with E-state index in [2.05, 4.69) is 53.3 Å². The fourth-order valence-corrected chi connectivity index (χ4v) is 3.37. The van der Waals surface area contributed by atoms with Crippen LogP contribution in [0.5, 0.6) is 0 Å². The van der Waals surface area contributed by atoms with Crippen LogP contribution in [-0.4, -0.2) is 41.1 Å². The standard InChI is InChI=1S/C19H24ClN3O2/c1-13-10-23(11-14(2)25-13)12-16-5-3-15(4-6-16)8-22-19(24)18-7-17(20)9-21-18/h3-7,9,13-14,21H,8,10-12H2,1-2H3,(H,22,24)/t13-,14-/m0/s1. The molecular weight excluding hydrogens is 338 g/mol. The first kappa shape index (κ1) is 18.0. The van der Waals surface area contributed by atoms with Crippen LogP contribution in [0.15, 0.2) is 36.5 Å². The second-order valence-corrected chi connectivity index (χ2v) is 7.12. The fourth-order valence-electron chi connectivity index (χ4n) is 3.21. The SMILES string of the molecule is C[C@H]1CN(Cc2ccc(CNC(=O)c3cc(Cl)c[nH]3)cc2)C[C@H](C)O1. The number of ether oxygens (including phenoxy) is 1. The summed E-state index contributed by atoms with van der Waals surface area (Å²) in [5.74, 6) is -0.160. The molecule has 1 saturated heterocycles. The summed E-state index contributed by atoms with van der Waals surface area (Å²) >= 11 is 5.81. The summed E-state index contributed by atoms with van der Waals surface area (Å²) in [7, 11) is 0. The molecule has 1 aromatic carbocycles. The van der Waals surface area contributed by atoms with E-state index in [0.717, 1.165) is 25.2 Å². The summed E-state index contributed by atoms with van der Waals surface area (Å²) in [4.78, 5) is 17.3. The largest absolute Gasteiger partial charge is 0.373 e. The minimum Gasteiger partial charge on any atom is -0.373 e. The van der Waals surface area contributed by atoms with Gasteiger partial charge in [-0.2, -0.15) is 0 Å². The highest BCUT2D eigenvalue weighted by atomic mass is 35.5. The fraction of sp³-hybridized carbons (Fsp3) is 0.421. The minimum absolute atomic E-state index is 0.160. The van der Waals surface area contributed by atoms with Crippen molar-refractivity contribution in [2.45, 2.75) is 39.1 Å². The number of hydrogen-bond acceptors (Lipinski definition) is 3. The number of halogens is 1. The van der Waals surface area contributed by atoms with Gasteiger partial charge in [0.25, 0.3) is 5.91 Å². The lowest BCUT2D eigenvalue weighted by atomic mass is 10.1. The van der Waals surface area contributed by atoms with E-state index in [1.165, 1.54) is 5.56 Å². The molecule has 1 fully saturated rings. The highest BCUT2D eigenvalue weighted by molar-refractivity contribution is 6.30. The number of H-pyrrole nitrogens is 1. The van der Waals surface area contributed by atoms with Gasteiger partial charge < -0.3 is 15.0 Å². The molecular formula is C19H24ClN3O2. The average Bonchev–Trinajstić information content (AvgIpc) is 2.99. The van der Waals surface area contributed by atoms with E-state index in [1.54, 1.807) is 12.3 Å². The summed E-state index contributed by atoms with van der Waals surface area (Å²) in [6, 6.07) is 9.98. The number of aromatic amines is 1. The number of carbonyl (C=O) groups is 1. The van der Waals surface area contributed by atoms with Crippen molar-refractivity contribution in [3.8, 4) is 0 Å². The number of morpholine rings is 1. The van der Waals surface area contributed by atoms with Gasteiger partial charge in [0.1, 0.15) is 5.69 Å². The Kier molecular flexibility index (Phi) is 5.78. The lowest BCUT2D eigenvalue weighted by Gasteiger charge is -2.35. The number of nitrogens with one attached hydrogen (secondary N) is 2. The van der Waals surface area contributed by atoms with Gasteiger partial charge in [0.2, 0.25) is 0 Å². The van der Waals surface area contributed by atoms with Gasteiger partial charge in [-0.05, 0) is 31.0 Å². The van der Waals surface area contributed by atoms with Gasteiger partial charge in [0.15, 0.2) is 0 Å². The smallest absolute Gasteiger partial charge is 0.268 e. The van der Waals surface area contributed by atoms with Gasteiger partial charge in [-0.15, -0.1) is 0 Å². The van der Waals surface area contributed by atoms with Crippen LogP contribution < -0.4 is 5.32 Å². The maximum absolute atomic E-state index is 12.0. The minimum atomic E-state index is -0.160. The van der Waals surface area contributed by atoms with E-state index >= 15 is 0 Å². The highest BCUT2D eigenvalue weighted by Gasteiger charge is 2.21. The summed E-state index contributed by atoms with van der Waals surface area (Å²) in [6.45, 7) is 7.56. The van der Waals surface area contributed by atoms with Crippen LogP contribution in [0.2, 0.25) is 5.02 Å². The Hall–Kier alpha value is -1.82. The van der Waals surface area contributed by atoms with E-state index in [9.17, 15) is 4.79 Å². The van der Waals surface area contributed by atoms with Gasteiger partial charge >= 0.3 is 0 Å². The molecule has 1 aromatic heterocycles. The zero-order chi connectivity index (χ0) is 17.8. The van der Waals surface area contributed by atoms with Crippen LogP contribution in [-0.2, 0) is 17.8 Å². The van der Waals surface area contributed by atoms with Crippen molar-refractivity contribution >= 4 is 17.5 Å². The molecule has 1 aliphatic rings. The van der Waals surface area contributed by atoms with Crippen molar-refractivity contribution < 1.29 is 9.53 Å². The number of benzene rings is 1. The first-order valence-corrected chi connectivity index (χ1v) is 8.95. The maximum atomic E-state index is 12.0. The predicted molar refractivity (Wildman–Crippen MR) is 98.7 cm³/mol. The molecule has 0 spiro atoms. The Balaban J connectivity index is 1.51. The molecule has 6 heteroatoms. The van der Waals surface area contributed by atoms with Crippen LogP contribution in [0.4, 0.5) is 0 Å². The van der Waals surface area contributed by atoms with Crippen LogP contribution in [0, 0.1) is 0 Å². The van der Waals surface area contributed by atoms with Crippen molar-refractivity contribution in [2.24, 2.45) is 0 Å². The number of carbonyl (C=O) groups excluding carboxylic acids is 1. The van der Waals surface area contributed by atoms with Crippen molar-refractivity contribution in [2.75, 3.05) is 13.1 Å². The van der Waals surface area contributed by atoms with Gasteiger partial charge in [-0.1, -0.05) is 35.9 Å². The second-order valence-electron chi connectivity index (χ2n) is 6.68. The van der Waals surface area contributed by atoms with Crippen LogP contribution in [0.3, 0.4) is 0 Å². The number of nitrogens with zero attached hydrogens (tertiary/aromatic N) is 1. The molecule has 2 atom stereocenters. The molecule has 0 aliphatic carbocycles. The Morgan fingerprint density at radius 3 is 2.48 bits per heavy atom. The molecule has 3 rings (SSSR count). The molecule has 0 unspecified atom stereocenters. The molecule has 0 radical (unpaired) electrons. The van der Waals surface area contributed by atoms with Gasteiger partial charge in [-0.25, -0.2) is 0 Å². The van der Waals surface area contributed by atoms with Crippen LogP contribution in [0.25, 0.3) is 0 Å². The van der Waals surface area contributed by atoms with E-state index in [0.29, 0.717) is 17.3 Å². The van der Waals surface area contributed by atoms with Crippen molar-refractivity contribution in [3.63, 3.8) is 0 Å². The van der Waals surface area contributed by atoms with Gasteiger partial charge in [-0.3, -0.25) is 9.69 Å². The van der Waals surface area contributed by atoms with E-state index in [4.69, 9.17) is 16.3 Å². The summed E-state index contributed by atoms with van der Waals surface area (Å²) < 4.78 is 5.77. The quantitative estimate of drug-likeness (QED) is 0.859. The molecule has 0 saturated carbocycles. The lowest BCUT2D eigenvalue weighted by molar-refractivity contribution is -0.0704. The first-order chi connectivity index (χ1) is 12.0. The summed E-state index contributed by atoms with van der Waals surface area (Å²) in [5.41, 5.74) is 2.81. The zero-order valence-electron chi connectivity index (χ0n) is 14.6. The third kappa shape index (κ3) is 5.08. The normalized spacial score (nSPS) is 21.2. The molecule has 25 heavy (non-hydrogen) atoms. The third-order valence-electron chi connectivity index (χ3n) is 4.27. The average molecular weight is 362 g/mol. The molecule has 134 valence electrons. The molecule has 5 nitrogen and oxygen atoms in total. The Morgan fingerprint density at radius 1 is 1.24 bits per heavy atom. The van der Waals surface area contributed by atoms with E-state index < -0.39 is 0 Å². The Bertz CT molecular complexity index is 704. The topological polar surface area (TPSA) is 57.4 Å². The molecule has 1 amide bonds. The molecule has 0 bridgehead atoms. The third-order valence-corrected chi connectivity index (χ3v) is 4.49. The van der Waals surface area contributed by atoms with E-state index in [-0.39, 0.29) is 18.1 Å². The van der Waals surface area contributed by atoms with Crippen molar-refractivity contribution in [1.29, 1.82) is 0 Å². The Labute approximate surface area is 153 Å². The predicted octanol–water partition coefficient (Wildman–Crippen LogP) is 3.21. The lowest BCUT2D eigenvalue weighted by Crippen LogP contribution is -2.44. The van der Waals surface area contributed by atoms with Crippen molar-refractivity contribution in [3.05, 3.63) is 58.4 Å². The second kappa shape index (κ2) is 8.04. The van der Waals surface area contributed by atoms with Crippen molar-refractivity contribution in [1.82, 2.24) is 15.2 Å². The monoisotopic (exact) mass is 361 g/mol. The number of amides is 1. The highest BCUT2D eigenvalue weighted by Crippen LogP contribution is 2.15. The van der Waals surface area contributed by atoms with E-state index in [1.807, 2.05) is 0 Å². The molecule has 2 aromatic rings. The number of aromatic nitrogens is 1. The number of hydrogen-bond donors (Lipinski definition) is 2. The van der Waals surface area contributed by atoms with Gasteiger partial charge in [0, 0.05) is 32.4 Å². The first-order valence-electron chi connectivity index (χ1n) is 8.57. The maximum Gasteiger partial charge on any atom is 0.268 e. The van der Waals surface area contributed by atoms with Crippen LogP contribution >= 0.6 is 11.6 Å². The molecule has 1 aliphatic heterocycles.